The number of carbonyl (C=O) groups is 3. The number of hydrogen-bond donors (Lipinski definition) is 1. The molecular weight excluding hydrogens is 390 g/mol. The van der Waals surface area contributed by atoms with Crippen LogP contribution in [0, 0.1) is 11.8 Å². The van der Waals surface area contributed by atoms with E-state index in [2.05, 4.69) is 5.32 Å². The Balaban J connectivity index is 1.49. The Kier molecular flexibility index (Phi) is 7.25. The number of nitrogens with zero attached hydrogens (tertiary/aromatic N) is 2. The average molecular weight is 426 g/mol. The molecule has 1 N–H and O–H groups in total. The number of benzene rings is 1. The minimum Gasteiger partial charge on any atom is -0.354 e. The third-order valence-electron chi connectivity index (χ3n) is 7.30. The summed E-state index contributed by atoms with van der Waals surface area (Å²) in [5.41, 5.74) is 0.664. The van der Waals surface area contributed by atoms with Gasteiger partial charge >= 0.3 is 0 Å². The highest BCUT2D eigenvalue weighted by molar-refractivity contribution is 5.95. The highest BCUT2D eigenvalue weighted by atomic mass is 16.2. The molecule has 0 radical (unpaired) electrons. The molecule has 6 heteroatoms. The van der Waals surface area contributed by atoms with Gasteiger partial charge in [0.1, 0.15) is 0 Å². The molecule has 2 atom stereocenters. The maximum atomic E-state index is 13.4. The van der Waals surface area contributed by atoms with Gasteiger partial charge in [0.2, 0.25) is 11.8 Å². The number of nitrogens with one attached hydrogen (secondary N) is 1. The van der Waals surface area contributed by atoms with Gasteiger partial charge in [0.15, 0.2) is 0 Å². The lowest BCUT2D eigenvalue weighted by molar-refractivity contribution is -0.133. The van der Waals surface area contributed by atoms with Gasteiger partial charge in [-0.1, -0.05) is 37.5 Å². The molecule has 1 aliphatic heterocycles. The third kappa shape index (κ3) is 5.28. The van der Waals surface area contributed by atoms with Gasteiger partial charge in [-0.2, -0.15) is 0 Å². The van der Waals surface area contributed by atoms with Crippen molar-refractivity contribution in [2.75, 3.05) is 26.2 Å². The molecule has 0 bridgehead atoms. The number of carbonyl (C=O) groups excluding carboxylic acids is 3. The first-order chi connectivity index (χ1) is 15.1. The van der Waals surface area contributed by atoms with Gasteiger partial charge in [0.25, 0.3) is 5.91 Å². The van der Waals surface area contributed by atoms with E-state index in [0.29, 0.717) is 44.1 Å². The van der Waals surface area contributed by atoms with Crippen molar-refractivity contribution in [1.29, 1.82) is 0 Å². The summed E-state index contributed by atoms with van der Waals surface area (Å²) in [6.45, 7) is 2.26. The molecule has 3 amide bonds. The molecule has 1 saturated heterocycles. The molecule has 3 fully saturated rings. The summed E-state index contributed by atoms with van der Waals surface area (Å²) in [4.78, 5) is 43.1. The second-order valence-electron chi connectivity index (χ2n) is 9.35. The lowest BCUT2D eigenvalue weighted by Gasteiger charge is -2.33. The van der Waals surface area contributed by atoms with E-state index in [0.717, 1.165) is 38.5 Å². The molecular formula is C25H35N3O3. The summed E-state index contributed by atoms with van der Waals surface area (Å²) in [5, 5.41) is 3.06. The molecule has 0 unspecified atom stereocenters. The molecule has 1 aromatic rings. The van der Waals surface area contributed by atoms with Crippen LogP contribution in [-0.4, -0.2) is 59.7 Å². The zero-order valence-corrected chi connectivity index (χ0v) is 18.4. The molecule has 2 saturated carbocycles. The van der Waals surface area contributed by atoms with Crippen LogP contribution in [0.15, 0.2) is 30.3 Å². The standard InChI is InChI=1S/C25H35N3O3/c29-23(18-19-8-4-5-9-19)27-15-7-16-28(25(31)20-10-2-1-3-11-20)22-13-6-12-21(22)24(30)26-14-17-27/h1-3,10-11,19,21-22H,4-9,12-18H2,(H,26,30)/t21-,22+/m1/s1. The predicted octanol–water partition coefficient (Wildman–Crippen LogP) is 3.23. The molecule has 168 valence electrons. The normalized spacial score (nSPS) is 25.6. The molecule has 31 heavy (non-hydrogen) atoms. The smallest absolute Gasteiger partial charge is 0.254 e. The zero-order chi connectivity index (χ0) is 21.6. The molecule has 6 nitrogen and oxygen atoms in total. The number of hydrogen-bond acceptors (Lipinski definition) is 3. The van der Waals surface area contributed by atoms with Crippen molar-refractivity contribution >= 4 is 17.7 Å². The number of rotatable bonds is 3. The lowest BCUT2D eigenvalue weighted by Crippen LogP contribution is -2.47. The minimum atomic E-state index is -0.159. The van der Waals surface area contributed by atoms with Crippen LogP contribution >= 0.6 is 0 Å². The van der Waals surface area contributed by atoms with E-state index in [-0.39, 0.29) is 29.7 Å². The summed E-state index contributed by atoms with van der Waals surface area (Å²) >= 11 is 0. The van der Waals surface area contributed by atoms with E-state index in [9.17, 15) is 14.4 Å². The second-order valence-corrected chi connectivity index (χ2v) is 9.35. The van der Waals surface area contributed by atoms with Crippen LogP contribution < -0.4 is 5.32 Å². The highest BCUT2D eigenvalue weighted by Crippen LogP contribution is 2.32. The minimum absolute atomic E-state index is 0.00613. The largest absolute Gasteiger partial charge is 0.354 e. The van der Waals surface area contributed by atoms with Gasteiger partial charge in [-0.15, -0.1) is 0 Å². The fourth-order valence-electron chi connectivity index (χ4n) is 5.61. The Labute approximate surface area is 185 Å². The molecule has 0 aromatic heterocycles. The maximum absolute atomic E-state index is 13.4. The van der Waals surface area contributed by atoms with E-state index in [1.165, 1.54) is 12.8 Å². The van der Waals surface area contributed by atoms with Gasteiger partial charge < -0.3 is 15.1 Å². The lowest BCUT2D eigenvalue weighted by atomic mass is 9.99. The Hall–Kier alpha value is -2.37. The monoisotopic (exact) mass is 425 g/mol. The van der Waals surface area contributed by atoms with Crippen LogP contribution in [0.1, 0.15) is 68.1 Å². The topological polar surface area (TPSA) is 69.7 Å². The van der Waals surface area contributed by atoms with Crippen molar-refractivity contribution in [2.24, 2.45) is 11.8 Å². The van der Waals surface area contributed by atoms with Crippen LogP contribution in [0.5, 0.6) is 0 Å². The second kappa shape index (κ2) is 10.3. The summed E-state index contributed by atoms with van der Waals surface area (Å²) in [5.74, 6) is 0.567. The highest BCUT2D eigenvalue weighted by Gasteiger charge is 2.39. The van der Waals surface area contributed by atoms with Crippen molar-refractivity contribution in [3.63, 3.8) is 0 Å². The van der Waals surface area contributed by atoms with Crippen molar-refractivity contribution in [2.45, 2.75) is 63.8 Å². The van der Waals surface area contributed by atoms with Gasteiger partial charge in [-0.3, -0.25) is 14.4 Å². The van der Waals surface area contributed by atoms with Gasteiger partial charge in [-0.05, 0) is 50.2 Å². The van der Waals surface area contributed by atoms with Crippen LogP contribution in [0.2, 0.25) is 0 Å². The first kappa shape index (κ1) is 21.8. The number of amides is 3. The summed E-state index contributed by atoms with van der Waals surface area (Å²) < 4.78 is 0. The van der Waals surface area contributed by atoms with E-state index >= 15 is 0 Å². The molecule has 0 spiro atoms. The van der Waals surface area contributed by atoms with Crippen molar-refractivity contribution < 1.29 is 14.4 Å². The summed E-state index contributed by atoms with van der Waals surface area (Å²) in [7, 11) is 0. The van der Waals surface area contributed by atoms with E-state index in [1.54, 1.807) is 0 Å². The Morgan fingerprint density at radius 1 is 0.903 bits per heavy atom. The predicted molar refractivity (Wildman–Crippen MR) is 119 cm³/mol. The van der Waals surface area contributed by atoms with Gasteiger partial charge in [0, 0.05) is 44.2 Å². The molecule has 3 aliphatic rings. The molecule has 4 rings (SSSR count). The van der Waals surface area contributed by atoms with E-state index in [1.807, 2.05) is 40.1 Å². The Morgan fingerprint density at radius 3 is 2.45 bits per heavy atom. The molecule has 1 heterocycles. The van der Waals surface area contributed by atoms with E-state index < -0.39 is 0 Å². The first-order valence-corrected chi connectivity index (χ1v) is 12.0. The molecule has 1 aromatic carbocycles. The first-order valence-electron chi connectivity index (χ1n) is 12.0. The van der Waals surface area contributed by atoms with Crippen LogP contribution in [-0.2, 0) is 9.59 Å². The average Bonchev–Trinajstić information content (AvgIpc) is 3.47. The van der Waals surface area contributed by atoms with E-state index in [4.69, 9.17) is 0 Å². The molecule has 2 aliphatic carbocycles. The van der Waals surface area contributed by atoms with Gasteiger partial charge in [0.05, 0.1) is 5.92 Å². The maximum Gasteiger partial charge on any atom is 0.254 e. The summed E-state index contributed by atoms with van der Waals surface area (Å²) in [6, 6.07) is 9.28. The number of fused-ring (bicyclic) bond motifs is 1. The van der Waals surface area contributed by atoms with Crippen molar-refractivity contribution in [3.8, 4) is 0 Å². The fourth-order valence-corrected chi connectivity index (χ4v) is 5.61. The Bertz CT molecular complexity index is 775. The van der Waals surface area contributed by atoms with Crippen molar-refractivity contribution in [1.82, 2.24) is 15.1 Å². The van der Waals surface area contributed by atoms with Crippen molar-refractivity contribution in [3.05, 3.63) is 35.9 Å². The SMILES string of the molecule is O=C1NCCN(C(=O)CC2CCCC2)CCCN(C(=O)c2ccccc2)[C@H]2CCC[C@@H]12. The zero-order valence-electron chi connectivity index (χ0n) is 18.4. The third-order valence-corrected chi connectivity index (χ3v) is 7.30. The van der Waals surface area contributed by atoms with Gasteiger partial charge in [-0.25, -0.2) is 0 Å². The van der Waals surface area contributed by atoms with Crippen LogP contribution in [0.3, 0.4) is 0 Å². The van der Waals surface area contributed by atoms with Crippen LogP contribution in [0.4, 0.5) is 0 Å². The fraction of sp³-hybridized carbons (Fsp3) is 0.640. The summed E-state index contributed by atoms with van der Waals surface area (Å²) in [6.07, 6.45) is 8.77. The Morgan fingerprint density at radius 2 is 1.68 bits per heavy atom. The van der Waals surface area contributed by atoms with Crippen LogP contribution in [0.25, 0.3) is 0 Å². The quantitative estimate of drug-likeness (QED) is 0.808.